The van der Waals surface area contributed by atoms with Gasteiger partial charge in [0.1, 0.15) is 5.01 Å². The van der Waals surface area contributed by atoms with Gasteiger partial charge in [0, 0.05) is 11.6 Å². The highest BCUT2D eigenvalue weighted by molar-refractivity contribution is 7.09. The molecule has 12 heavy (non-hydrogen) atoms. The molecule has 2 N–H and O–H groups in total. The summed E-state index contributed by atoms with van der Waals surface area (Å²) in [5, 5.41) is 3.06. The molecule has 0 aliphatic rings. The smallest absolute Gasteiger partial charge is 0.112 e. The number of nitrogens with two attached hydrogens (primary N) is 1. The molecule has 1 aromatic heterocycles. The summed E-state index contributed by atoms with van der Waals surface area (Å²) in [7, 11) is 0. The molecule has 3 heteroatoms. The third-order valence-corrected chi connectivity index (χ3v) is 3.18. The van der Waals surface area contributed by atoms with Crippen molar-refractivity contribution < 1.29 is 0 Å². The Bertz CT molecular complexity index is 220. The van der Waals surface area contributed by atoms with Crippen molar-refractivity contribution in [3.63, 3.8) is 0 Å². The van der Waals surface area contributed by atoms with Crippen molar-refractivity contribution in [2.45, 2.75) is 38.6 Å². The molecule has 0 radical (unpaired) electrons. The lowest BCUT2D eigenvalue weighted by Gasteiger charge is -2.24. The minimum absolute atomic E-state index is 0.178. The van der Waals surface area contributed by atoms with Gasteiger partial charge >= 0.3 is 0 Å². The summed E-state index contributed by atoms with van der Waals surface area (Å²) in [6, 6.07) is 0. The van der Waals surface area contributed by atoms with Gasteiger partial charge in [-0.25, -0.2) is 4.98 Å². The van der Waals surface area contributed by atoms with Crippen LogP contribution in [0, 0.1) is 0 Å². The fourth-order valence-electron chi connectivity index (χ4n) is 1.35. The molecule has 0 bridgehead atoms. The Morgan fingerprint density at radius 2 is 2.33 bits per heavy atom. The van der Waals surface area contributed by atoms with Crippen molar-refractivity contribution in [2.24, 2.45) is 5.73 Å². The zero-order valence-electron chi connectivity index (χ0n) is 7.71. The van der Waals surface area contributed by atoms with E-state index in [9.17, 15) is 0 Å². The predicted octanol–water partition coefficient (Wildman–Crippen LogP) is 2.51. The third kappa shape index (κ3) is 1.84. The molecule has 1 unspecified atom stereocenters. The lowest BCUT2D eigenvalue weighted by Crippen LogP contribution is -2.35. The number of rotatable bonds is 4. The summed E-state index contributed by atoms with van der Waals surface area (Å²) in [5.41, 5.74) is 6.04. The van der Waals surface area contributed by atoms with Crippen LogP contribution in [-0.2, 0) is 5.54 Å². The second-order valence-corrected chi connectivity index (χ2v) is 3.99. The molecule has 1 heterocycles. The second kappa shape index (κ2) is 4.01. The first-order chi connectivity index (χ1) is 5.73. The Balaban J connectivity index is 2.80. The van der Waals surface area contributed by atoms with Gasteiger partial charge in [0.25, 0.3) is 0 Å². The van der Waals surface area contributed by atoms with Crippen LogP contribution in [0.15, 0.2) is 11.6 Å². The molecular weight excluding hydrogens is 168 g/mol. The van der Waals surface area contributed by atoms with Crippen molar-refractivity contribution in [1.82, 2.24) is 4.98 Å². The second-order valence-electron chi connectivity index (χ2n) is 3.10. The fourth-order valence-corrected chi connectivity index (χ4v) is 2.20. The average Bonchev–Trinajstić information content (AvgIpc) is 2.57. The molecule has 1 atom stereocenters. The quantitative estimate of drug-likeness (QED) is 0.781. The maximum atomic E-state index is 6.22. The molecule has 68 valence electrons. The number of aromatic nitrogens is 1. The summed E-state index contributed by atoms with van der Waals surface area (Å²) in [6.07, 6.45) is 4.93. The van der Waals surface area contributed by atoms with Crippen molar-refractivity contribution >= 4 is 11.3 Å². The van der Waals surface area contributed by atoms with Gasteiger partial charge < -0.3 is 5.73 Å². The Morgan fingerprint density at radius 3 is 2.75 bits per heavy atom. The van der Waals surface area contributed by atoms with E-state index in [-0.39, 0.29) is 5.54 Å². The Hall–Kier alpha value is -0.410. The van der Waals surface area contributed by atoms with Crippen LogP contribution >= 0.6 is 11.3 Å². The molecule has 0 aromatic carbocycles. The highest BCUT2D eigenvalue weighted by Crippen LogP contribution is 2.28. The van der Waals surface area contributed by atoms with E-state index in [2.05, 4.69) is 18.8 Å². The van der Waals surface area contributed by atoms with Crippen molar-refractivity contribution in [3.8, 4) is 0 Å². The summed E-state index contributed by atoms with van der Waals surface area (Å²) >= 11 is 1.66. The largest absolute Gasteiger partial charge is 0.319 e. The van der Waals surface area contributed by atoms with Gasteiger partial charge in [0.2, 0.25) is 0 Å². The number of hydrogen-bond acceptors (Lipinski definition) is 3. The standard InChI is InChI=1S/C9H16N2S/c1-3-5-9(10,4-2)8-11-6-7-12-8/h6-7H,3-5,10H2,1-2H3. The van der Waals surface area contributed by atoms with Crippen molar-refractivity contribution in [2.75, 3.05) is 0 Å². The Labute approximate surface area is 77.8 Å². The van der Waals surface area contributed by atoms with Gasteiger partial charge in [0.15, 0.2) is 0 Å². The monoisotopic (exact) mass is 184 g/mol. The first-order valence-corrected chi connectivity index (χ1v) is 5.29. The molecule has 0 saturated heterocycles. The summed E-state index contributed by atoms with van der Waals surface area (Å²) in [4.78, 5) is 4.27. The van der Waals surface area contributed by atoms with E-state index in [1.807, 2.05) is 11.6 Å². The van der Waals surface area contributed by atoms with Crippen LogP contribution in [0.3, 0.4) is 0 Å². The number of thiazole rings is 1. The van der Waals surface area contributed by atoms with Crippen molar-refractivity contribution in [3.05, 3.63) is 16.6 Å². The van der Waals surface area contributed by atoms with E-state index in [0.717, 1.165) is 24.3 Å². The minimum atomic E-state index is -0.178. The summed E-state index contributed by atoms with van der Waals surface area (Å²) < 4.78 is 0. The van der Waals surface area contributed by atoms with Crippen LogP contribution in [0.2, 0.25) is 0 Å². The van der Waals surface area contributed by atoms with Gasteiger partial charge in [-0.05, 0) is 12.8 Å². The highest BCUT2D eigenvalue weighted by atomic mass is 32.1. The fraction of sp³-hybridized carbons (Fsp3) is 0.667. The average molecular weight is 184 g/mol. The number of hydrogen-bond donors (Lipinski definition) is 1. The predicted molar refractivity (Wildman–Crippen MR) is 53.2 cm³/mol. The zero-order valence-corrected chi connectivity index (χ0v) is 8.53. The molecule has 1 rings (SSSR count). The summed E-state index contributed by atoms with van der Waals surface area (Å²) in [5.74, 6) is 0. The van der Waals surface area contributed by atoms with Crippen LogP contribution in [0.4, 0.5) is 0 Å². The highest BCUT2D eigenvalue weighted by Gasteiger charge is 2.26. The van der Waals surface area contributed by atoms with Crippen LogP contribution in [0.25, 0.3) is 0 Å². The van der Waals surface area contributed by atoms with Gasteiger partial charge in [-0.15, -0.1) is 11.3 Å². The first kappa shape index (κ1) is 9.68. The molecule has 1 aromatic rings. The van der Waals surface area contributed by atoms with Gasteiger partial charge in [-0.3, -0.25) is 0 Å². The Kier molecular flexibility index (Phi) is 3.23. The van der Waals surface area contributed by atoms with E-state index in [1.165, 1.54) is 0 Å². The van der Waals surface area contributed by atoms with Gasteiger partial charge in [0.05, 0.1) is 5.54 Å². The maximum Gasteiger partial charge on any atom is 0.112 e. The van der Waals surface area contributed by atoms with Crippen LogP contribution in [-0.4, -0.2) is 4.98 Å². The SMILES string of the molecule is CCCC(N)(CC)c1nccs1. The van der Waals surface area contributed by atoms with E-state index in [4.69, 9.17) is 5.73 Å². The van der Waals surface area contributed by atoms with Gasteiger partial charge in [-0.1, -0.05) is 20.3 Å². The summed E-state index contributed by atoms with van der Waals surface area (Å²) in [6.45, 7) is 4.28. The van der Waals surface area contributed by atoms with E-state index >= 15 is 0 Å². The number of nitrogens with zero attached hydrogens (tertiary/aromatic N) is 1. The van der Waals surface area contributed by atoms with E-state index in [0.29, 0.717) is 0 Å². The normalized spacial score (nSPS) is 15.9. The van der Waals surface area contributed by atoms with Crippen LogP contribution in [0.5, 0.6) is 0 Å². The molecular formula is C9H16N2S. The molecule has 0 aliphatic heterocycles. The molecule has 0 aliphatic carbocycles. The van der Waals surface area contributed by atoms with Crippen LogP contribution in [0.1, 0.15) is 38.1 Å². The molecule has 0 saturated carbocycles. The van der Waals surface area contributed by atoms with Gasteiger partial charge in [-0.2, -0.15) is 0 Å². The first-order valence-electron chi connectivity index (χ1n) is 4.41. The minimum Gasteiger partial charge on any atom is -0.319 e. The molecule has 0 amide bonds. The molecule has 0 spiro atoms. The van der Waals surface area contributed by atoms with Crippen LogP contribution < -0.4 is 5.73 Å². The Morgan fingerprint density at radius 1 is 1.58 bits per heavy atom. The zero-order chi connectivity index (χ0) is 9.03. The molecule has 0 fully saturated rings. The third-order valence-electron chi connectivity index (χ3n) is 2.19. The lowest BCUT2D eigenvalue weighted by atomic mass is 9.93. The lowest BCUT2D eigenvalue weighted by molar-refractivity contribution is 0.388. The van der Waals surface area contributed by atoms with E-state index < -0.39 is 0 Å². The molecule has 2 nitrogen and oxygen atoms in total. The van der Waals surface area contributed by atoms with Crippen molar-refractivity contribution in [1.29, 1.82) is 0 Å². The van der Waals surface area contributed by atoms with E-state index in [1.54, 1.807) is 11.3 Å². The maximum absolute atomic E-state index is 6.22. The topological polar surface area (TPSA) is 38.9 Å².